The van der Waals surface area contributed by atoms with E-state index in [0.29, 0.717) is 10.9 Å². The van der Waals surface area contributed by atoms with Gasteiger partial charge in [0.1, 0.15) is 11.5 Å². The van der Waals surface area contributed by atoms with Gasteiger partial charge in [-0.3, -0.25) is 0 Å². The quantitative estimate of drug-likeness (QED) is 0.834. The zero-order valence-electron chi connectivity index (χ0n) is 6.40. The minimum atomic E-state index is -0.230. The third kappa shape index (κ3) is 1.58. The smallest absolute Gasteiger partial charge is 0.269 e. The number of hydrogen-bond acceptors (Lipinski definition) is 5. The average molecular weight is 217 g/mol. The maximum atomic E-state index is 8.70. The lowest BCUT2D eigenvalue weighted by Crippen LogP contribution is -1.84. The van der Waals surface area contributed by atoms with E-state index in [4.69, 9.17) is 21.2 Å². The maximum absolute atomic E-state index is 8.70. The highest BCUT2D eigenvalue weighted by atomic mass is 35.5. The molecule has 0 aliphatic carbocycles. The molecule has 0 atom stereocenters. The molecule has 0 saturated heterocycles. The minimum absolute atomic E-state index is 0.230. The lowest BCUT2D eigenvalue weighted by molar-refractivity contribution is 0.264. The fourth-order valence-corrected chi connectivity index (χ4v) is 1.91. The number of hydrogen-bond donors (Lipinski definition) is 1. The van der Waals surface area contributed by atoms with Crippen molar-refractivity contribution in [2.24, 2.45) is 0 Å². The summed E-state index contributed by atoms with van der Waals surface area (Å²) < 4.78 is 4.89. The number of thiophene rings is 1. The predicted octanol–water partition coefficient (Wildman–Crippen LogP) is 1.94. The van der Waals surface area contributed by atoms with Gasteiger partial charge in [-0.1, -0.05) is 16.8 Å². The Morgan fingerprint density at radius 3 is 3.00 bits per heavy atom. The largest absolute Gasteiger partial charge is 0.388 e. The van der Waals surface area contributed by atoms with Gasteiger partial charge >= 0.3 is 0 Å². The molecule has 0 aromatic carbocycles. The molecule has 0 fully saturated rings. The molecule has 4 nitrogen and oxygen atoms in total. The van der Waals surface area contributed by atoms with Crippen molar-refractivity contribution in [2.45, 2.75) is 6.61 Å². The molecule has 0 bridgehead atoms. The Hall–Kier alpha value is -0.910. The van der Waals surface area contributed by atoms with Gasteiger partial charge < -0.3 is 9.63 Å². The van der Waals surface area contributed by atoms with Crippen LogP contribution in [0.15, 0.2) is 16.0 Å². The first-order valence-corrected chi connectivity index (χ1v) is 4.74. The van der Waals surface area contributed by atoms with Crippen molar-refractivity contribution in [2.75, 3.05) is 0 Å². The van der Waals surface area contributed by atoms with Crippen molar-refractivity contribution in [3.05, 3.63) is 22.3 Å². The minimum Gasteiger partial charge on any atom is -0.388 e. The van der Waals surface area contributed by atoms with Crippen LogP contribution in [0.25, 0.3) is 10.8 Å². The van der Waals surface area contributed by atoms with Crippen LogP contribution < -0.4 is 0 Å². The van der Waals surface area contributed by atoms with E-state index in [1.807, 2.05) is 5.38 Å². The molecule has 0 aliphatic heterocycles. The summed E-state index contributed by atoms with van der Waals surface area (Å²) in [7, 11) is 0. The molecule has 0 saturated carbocycles. The van der Waals surface area contributed by atoms with Crippen LogP contribution in [0.1, 0.15) is 5.82 Å². The highest BCUT2D eigenvalue weighted by molar-refractivity contribution is 7.14. The number of rotatable bonds is 2. The van der Waals surface area contributed by atoms with Gasteiger partial charge in [0.25, 0.3) is 5.89 Å². The molecule has 1 N–H and O–H groups in total. The summed E-state index contributed by atoms with van der Waals surface area (Å²) in [6, 6.07) is 1.75. The van der Waals surface area contributed by atoms with Gasteiger partial charge in [0.2, 0.25) is 0 Å². The van der Waals surface area contributed by atoms with Crippen molar-refractivity contribution in [1.29, 1.82) is 0 Å². The highest BCUT2D eigenvalue weighted by Gasteiger charge is 2.12. The van der Waals surface area contributed by atoms with Gasteiger partial charge in [0.15, 0.2) is 5.82 Å². The summed E-state index contributed by atoms with van der Waals surface area (Å²) >= 11 is 7.26. The summed E-state index contributed by atoms with van der Waals surface area (Å²) in [6.07, 6.45) is 0. The van der Waals surface area contributed by atoms with Crippen molar-refractivity contribution in [3.63, 3.8) is 0 Å². The van der Waals surface area contributed by atoms with Crippen LogP contribution >= 0.6 is 22.9 Å². The number of aliphatic hydroxyl groups excluding tert-OH is 1. The summed E-state index contributed by atoms with van der Waals surface area (Å²) in [4.78, 5) is 4.66. The lowest BCUT2D eigenvalue weighted by atomic mass is 10.4. The standard InChI is InChI=1S/C7H5ClN2O2S/c8-4-1-2-13-6(4)7-9-5(3-11)10-12-7/h1-2,11H,3H2. The molecule has 2 aromatic heterocycles. The van der Waals surface area contributed by atoms with Gasteiger partial charge in [-0.15, -0.1) is 11.3 Å². The fourth-order valence-electron chi connectivity index (χ4n) is 0.857. The van der Waals surface area contributed by atoms with Crippen LogP contribution in [-0.4, -0.2) is 15.2 Å². The Bertz CT molecular complexity index is 412. The van der Waals surface area contributed by atoms with E-state index in [-0.39, 0.29) is 12.4 Å². The summed E-state index contributed by atoms with van der Waals surface area (Å²) in [5, 5.41) is 14.7. The number of halogens is 1. The third-order valence-corrected chi connectivity index (χ3v) is 2.75. The Morgan fingerprint density at radius 2 is 2.46 bits per heavy atom. The zero-order valence-corrected chi connectivity index (χ0v) is 7.97. The van der Waals surface area contributed by atoms with Gasteiger partial charge in [-0.05, 0) is 11.4 Å². The van der Waals surface area contributed by atoms with Crippen LogP contribution in [0, 0.1) is 0 Å². The normalized spacial score (nSPS) is 10.6. The van der Waals surface area contributed by atoms with Crippen molar-refractivity contribution in [1.82, 2.24) is 10.1 Å². The number of aromatic nitrogens is 2. The molecule has 0 amide bonds. The average Bonchev–Trinajstić information content (AvgIpc) is 2.71. The second-order valence-corrected chi connectivity index (χ2v) is 3.59. The van der Waals surface area contributed by atoms with Crippen molar-refractivity contribution in [3.8, 4) is 10.8 Å². The van der Waals surface area contributed by atoms with Crippen LogP contribution in [0.3, 0.4) is 0 Å². The molecule has 2 aromatic rings. The molecule has 0 unspecified atom stereocenters. The SMILES string of the molecule is OCc1noc(-c2sccc2Cl)n1. The Kier molecular flexibility index (Phi) is 2.30. The third-order valence-electron chi connectivity index (χ3n) is 1.42. The Morgan fingerprint density at radius 1 is 1.62 bits per heavy atom. The summed E-state index contributed by atoms with van der Waals surface area (Å²) in [6.45, 7) is -0.230. The van der Waals surface area contributed by atoms with E-state index < -0.39 is 0 Å². The molecule has 0 aliphatic rings. The van der Waals surface area contributed by atoms with E-state index in [9.17, 15) is 0 Å². The first kappa shape index (κ1) is 8.68. The second kappa shape index (κ2) is 3.45. The zero-order chi connectivity index (χ0) is 9.26. The second-order valence-electron chi connectivity index (χ2n) is 2.27. The topological polar surface area (TPSA) is 59.2 Å². The molecule has 2 heterocycles. The van der Waals surface area contributed by atoms with Gasteiger partial charge in [-0.25, -0.2) is 0 Å². The molecule has 68 valence electrons. The van der Waals surface area contributed by atoms with Gasteiger partial charge in [-0.2, -0.15) is 4.98 Å². The van der Waals surface area contributed by atoms with Crippen molar-refractivity contribution >= 4 is 22.9 Å². The first-order chi connectivity index (χ1) is 6.31. The summed E-state index contributed by atoms with van der Waals surface area (Å²) in [5.74, 6) is 0.614. The molecule has 2 rings (SSSR count). The van der Waals surface area contributed by atoms with E-state index in [1.165, 1.54) is 11.3 Å². The maximum Gasteiger partial charge on any atom is 0.269 e. The van der Waals surface area contributed by atoms with Gasteiger partial charge in [0.05, 0.1) is 5.02 Å². The molecule has 0 radical (unpaired) electrons. The summed E-state index contributed by atoms with van der Waals surface area (Å²) in [5.41, 5.74) is 0. The number of nitrogens with zero attached hydrogens (tertiary/aromatic N) is 2. The molecule has 13 heavy (non-hydrogen) atoms. The fraction of sp³-hybridized carbons (Fsp3) is 0.143. The van der Waals surface area contributed by atoms with Gasteiger partial charge in [0, 0.05) is 0 Å². The van der Waals surface area contributed by atoms with E-state index in [0.717, 1.165) is 4.88 Å². The van der Waals surface area contributed by atoms with E-state index >= 15 is 0 Å². The molecule has 6 heteroatoms. The van der Waals surface area contributed by atoms with Crippen molar-refractivity contribution < 1.29 is 9.63 Å². The molecular formula is C7H5ClN2O2S. The van der Waals surface area contributed by atoms with Crippen LogP contribution in [-0.2, 0) is 6.61 Å². The van der Waals surface area contributed by atoms with E-state index in [1.54, 1.807) is 6.07 Å². The monoisotopic (exact) mass is 216 g/mol. The Labute approximate surface area is 82.8 Å². The number of aliphatic hydroxyl groups is 1. The predicted molar refractivity (Wildman–Crippen MR) is 48.5 cm³/mol. The van der Waals surface area contributed by atoms with Crippen LogP contribution in [0.2, 0.25) is 5.02 Å². The van der Waals surface area contributed by atoms with E-state index in [2.05, 4.69) is 10.1 Å². The highest BCUT2D eigenvalue weighted by Crippen LogP contribution is 2.31. The van der Waals surface area contributed by atoms with Crippen LogP contribution in [0.5, 0.6) is 0 Å². The Balaban J connectivity index is 2.41. The lowest BCUT2D eigenvalue weighted by Gasteiger charge is -1.86. The molecule has 0 spiro atoms. The van der Waals surface area contributed by atoms with Crippen LogP contribution in [0.4, 0.5) is 0 Å². The molecular weight excluding hydrogens is 212 g/mol. The first-order valence-electron chi connectivity index (χ1n) is 3.48.